The number of nitrogens with one attached hydrogen (secondary N) is 1. The van der Waals surface area contributed by atoms with Crippen molar-refractivity contribution in [2.24, 2.45) is 0 Å². The highest BCUT2D eigenvalue weighted by Gasteiger charge is 2.19. The van der Waals surface area contributed by atoms with Crippen LogP contribution in [0.5, 0.6) is 0 Å². The van der Waals surface area contributed by atoms with Gasteiger partial charge in [0.1, 0.15) is 10.5 Å². The summed E-state index contributed by atoms with van der Waals surface area (Å²) < 4.78 is 1.91. The summed E-state index contributed by atoms with van der Waals surface area (Å²) in [6, 6.07) is 3.71. The van der Waals surface area contributed by atoms with Crippen LogP contribution >= 0.6 is 34.7 Å². The molecule has 0 aromatic carbocycles. The predicted molar refractivity (Wildman–Crippen MR) is 107 cm³/mol. The second-order valence-electron chi connectivity index (χ2n) is 6.40. The molecule has 0 unspecified atom stereocenters. The molecule has 0 amide bonds. The second kappa shape index (κ2) is 6.40. The monoisotopic (exact) mass is 402 g/mol. The third-order valence-corrected chi connectivity index (χ3v) is 6.94. The Hall–Kier alpha value is -1.83. The minimum absolute atomic E-state index is 0.0151. The topological polar surface area (TPSA) is 63.0 Å². The Morgan fingerprint density at radius 3 is 3.04 bits per heavy atom. The van der Waals surface area contributed by atoms with E-state index in [-0.39, 0.29) is 5.56 Å². The number of fused-ring (bicyclic) bond motifs is 4. The van der Waals surface area contributed by atoms with Gasteiger partial charge in [0, 0.05) is 23.0 Å². The Balaban J connectivity index is 1.44. The molecule has 1 N–H and O–H groups in total. The maximum absolute atomic E-state index is 12.6. The van der Waals surface area contributed by atoms with Crippen LogP contribution in [0.3, 0.4) is 0 Å². The number of halogens is 1. The summed E-state index contributed by atoms with van der Waals surface area (Å²) in [5.41, 5.74) is 2.98. The lowest BCUT2D eigenvalue weighted by molar-refractivity contribution is 0.700. The largest absolute Gasteiger partial charge is 0.305 e. The number of H-pyrrole nitrogens is 1. The van der Waals surface area contributed by atoms with Gasteiger partial charge in [-0.05, 0) is 43.4 Å². The summed E-state index contributed by atoms with van der Waals surface area (Å²) in [7, 11) is 0. The second-order valence-corrected chi connectivity index (χ2v) is 8.88. The van der Waals surface area contributed by atoms with Crippen LogP contribution in [0.2, 0.25) is 5.02 Å². The molecule has 0 bridgehead atoms. The lowest BCUT2D eigenvalue weighted by Crippen LogP contribution is -2.10. The summed E-state index contributed by atoms with van der Waals surface area (Å²) in [4.78, 5) is 27.0. The van der Waals surface area contributed by atoms with Gasteiger partial charge in [0.15, 0.2) is 5.16 Å². The Morgan fingerprint density at radius 2 is 2.12 bits per heavy atom. The smallest absolute Gasteiger partial charge is 0.260 e. The van der Waals surface area contributed by atoms with Crippen molar-refractivity contribution < 1.29 is 0 Å². The van der Waals surface area contributed by atoms with Crippen molar-refractivity contribution in [3.05, 3.63) is 56.0 Å². The fraction of sp³-hybridized carbons (Fsp3) is 0.278. The predicted octanol–water partition coefficient (Wildman–Crippen LogP) is 4.46. The maximum atomic E-state index is 12.6. The molecule has 1 aliphatic rings. The summed E-state index contributed by atoms with van der Waals surface area (Å²) in [5.74, 6) is 0.638. The van der Waals surface area contributed by atoms with E-state index >= 15 is 0 Å². The summed E-state index contributed by atoms with van der Waals surface area (Å²) in [5, 5.41) is 2.12. The molecule has 0 saturated carbocycles. The van der Waals surface area contributed by atoms with Gasteiger partial charge < -0.3 is 9.38 Å². The van der Waals surface area contributed by atoms with E-state index in [9.17, 15) is 4.79 Å². The van der Waals surface area contributed by atoms with Gasteiger partial charge in [-0.15, -0.1) is 11.3 Å². The van der Waals surface area contributed by atoms with E-state index in [1.807, 2.05) is 28.9 Å². The van der Waals surface area contributed by atoms with Crippen molar-refractivity contribution in [1.29, 1.82) is 0 Å². The zero-order valence-electron chi connectivity index (χ0n) is 13.8. The molecular formula is C18H15ClN4OS2. The van der Waals surface area contributed by atoms with Gasteiger partial charge in [-0.3, -0.25) is 4.79 Å². The first-order valence-corrected chi connectivity index (χ1v) is 10.7. The van der Waals surface area contributed by atoms with E-state index < -0.39 is 0 Å². The first kappa shape index (κ1) is 16.4. The standard InChI is InChI=1S/C18H15ClN4OS2/c19-10-5-6-14-20-11(8-23(14)7-10)9-25-18-21-16(24)15-12-3-1-2-4-13(12)26-17(15)22-18/h5-8H,1-4,9H2,(H,21,22,24). The number of thioether (sulfide) groups is 1. The number of hydrogen-bond acceptors (Lipinski definition) is 5. The maximum Gasteiger partial charge on any atom is 0.260 e. The molecule has 0 aliphatic heterocycles. The van der Waals surface area contributed by atoms with E-state index in [4.69, 9.17) is 16.6 Å². The van der Waals surface area contributed by atoms with Gasteiger partial charge in [0.2, 0.25) is 0 Å². The number of imidazole rings is 1. The highest BCUT2D eigenvalue weighted by molar-refractivity contribution is 7.98. The fourth-order valence-corrected chi connectivity index (χ4v) is 5.67. The number of pyridine rings is 1. The van der Waals surface area contributed by atoms with Crippen LogP contribution in [0.1, 0.15) is 29.0 Å². The van der Waals surface area contributed by atoms with Gasteiger partial charge in [-0.25, -0.2) is 9.97 Å². The molecule has 4 aromatic heterocycles. The fourth-order valence-electron chi connectivity index (χ4n) is 3.44. The zero-order valence-corrected chi connectivity index (χ0v) is 16.2. The van der Waals surface area contributed by atoms with Gasteiger partial charge in [0.25, 0.3) is 5.56 Å². The summed E-state index contributed by atoms with van der Waals surface area (Å²) >= 11 is 9.19. The van der Waals surface area contributed by atoms with E-state index in [1.165, 1.54) is 28.6 Å². The SMILES string of the molecule is O=c1[nH]c(SCc2cn3cc(Cl)ccc3n2)nc2sc3c(c12)CCCC3. The number of nitrogens with zero attached hydrogens (tertiary/aromatic N) is 3. The third kappa shape index (κ3) is 2.84. The quantitative estimate of drug-likeness (QED) is 0.406. The van der Waals surface area contributed by atoms with Crippen molar-refractivity contribution in [2.45, 2.75) is 36.6 Å². The molecular weight excluding hydrogens is 388 g/mol. The van der Waals surface area contributed by atoms with E-state index in [0.29, 0.717) is 15.9 Å². The molecule has 0 spiro atoms. The van der Waals surface area contributed by atoms with Crippen LogP contribution in [0.25, 0.3) is 15.9 Å². The van der Waals surface area contributed by atoms with Crippen LogP contribution in [0.15, 0.2) is 34.5 Å². The Bertz CT molecular complexity index is 1190. The van der Waals surface area contributed by atoms with E-state index in [1.54, 1.807) is 11.3 Å². The molecule has 4 aromatic rings. The molecule has 132 valence electrons. The molecule has 0 atom stereocenters. The number of aromatic amines is 1. The first-order chi connectivity index (χ1) is 12.7. The average molecular weight is 403 g/mol. The highest BCUT2D eigenvalue weighted by atomic mass is 35.5. The summed E-state index contributed by atoms with van der Waals surface area (Å²) in [6.45, 7) is 0. The Labute approximate surface area is 162 Å². The van der Waals surface area contributed by atoms with Crippen molar-refractivity contribution in [2.75, 3.05) is 0 Å². The van der Waals surface area contributed by atoms with Crippen molar-refractivity contribution >= 4 is 50.6 Å². The number of aryl methyl sites for hydroxylation is 2. The van der Waals surface area contributed by atoms with Gasteiger partial charge in [-0.1, -0.05) is 23.4 Å². The van der Waals surface area contributed by atoms with Crippen LogP contribution in [0, 0.1) is 0 Å². The number of rotatable bonds is 3. The normalized spacial score (nSPS) is 14.2. The van der Waals surface area contributed by atoms with Crippen LogP contribution in [-0.2, 0) is 18.6 Å². The molecule has 8 heteroatoms. The minimum Gasteiger partial charge on any atom is -0.305 e. The zero-order chi connectivity index (χ0) is 17.7. The van der Waals surface area contributed by atoms with Crippen LogP contribution in [0.4, 0.5) is 0 Å². The number of hydrogen-bond donors (Lipinski definition) is 1. The van der Waals surface area contributed by atoms with Crippen LogP contribution in [-0.4, -0.2) is 19.4 Å². The Kier molecular flexibility index (Phi) is 4.03. The molecule has 26 heavy (non-hydrogen) atoms. The molecule has 1 aliphatic carbocycles. The molecule has 5 nitrogen and oxygen atoms in total. The van der Waals surface area contributed by atoms with E-state index in [0.717, 1.165) is 40.8 Å². The number of aromatic nitrogens is 4. The minimum atomic E-state index is -0.0151. The summed E-state index contributed by atoms with van der Waals surface area (Å²) in [6.07, 6.45) is 8.22. The van der Waals surface area contributed by atoms with Crippen molar-refractivity contribution in [3.63, 3.8) is 0 Å². The van der Waals surface area contributed by atoms with Crippen molar-refractivity contribution in [3.8, 4) is 0 Å². The lowest BCUT2D eigenvalue weighted by atomic mass is 9.97. The van der Waals surface area contributed by atoms with Gasteiger partial charge in [-0.2, -0.15) is 0 Å². The third-order valence-electron chi connectivity index (χ3n) is 4.62. The first-order valence-electron chi connectivity index (χ1n) is 8.48. The molecule has 0 fully saturated rings. The van der Waals surface area contributed by atoms with Gasteiger partial charge >= 0.3 is 0 Å². The van der Waals surface area contributed by atoms with Gasteiger partial charge in [0.05, 0.1) is 16.1 Å². The van der Waals surface area contributed by atoms with Crippen LogP contribution < -0.4 is 5.56 Å². The molecule has 0 saturated heterocycles. The molecule has 5 rings (SSSR count). The van der Waals surface area contributed by atoms with Crippen molar-refractivity contribution in [1.82, 2.24) is 19.4 Å². The average Bonchev–Trinajstić information content (AvgIpc) is 3.20. The number of thiophene rings is 1. The highest BCUT2D eigenvalue weighted by Crippen LogP contribution is 2.34. The molecule has 0 radical (unpaired) electrons. The Morgan fingerprint density at radius 1 is 1.23 bits per heavy atom. The lowest BCUT2D eigenvalue weighted by Gasteiger charge is -2.09. The van der Waals surface area contributed by atoms with E-state index in [2.05, 4.69) is 9.97 Å². The molecule has 4 heterocycles.